The third-order valence-electron chi connectivity index (χ3n) is 4.25. The lowest BCUT2D eigenvalue weighted by Crippen LogP contribution is -2.42. The lowest BCUT2D eigenvalue weighted by atomic mass is 10.3. The Kier molecular flexibility index (Phi) is 6.14. The fourth-order valence-electron chi connectivity index (χ4n) is 2.44. The van der Waals surface area contributed by atoms with Crippen molar-refractivity contribution in [3.8, 4) is 0 Å². The SMILES string of the molecule is CCNC(=NCCN(CC1CC1)C1CC1)NC(C)CC. The van der Waals surface area contributed by atoms with Gasteiger partial charge in [-0.1, -0.05) is 6.92 Å². The van der Waals surface area contributed by atoms with Crippen LogP contribution in [0.5, 0.6) is 0 Å². The molecule has 1 unspecified atom stereocenters. The molecule has 4 heteroatoms. The summed E-state index contributed by atoms with van der Waals surface area (Å²) in [5, 5.41) is 6.80. The van der Waals surface area contributed by atoms with Gasteiger partial charge in [-0.15, -0.1) is 0 Å². The van der Waals surface area contributed by atoms with Crippen LogP contribution in [0.3, 0.4) is 0 Å². The second kappa shape index (κ2) is 7.87. The lowest BCUT2D eigenvalue weighted by molar-refractivity contribution is 0.260. The Morgan fingerprint density at radius 2 is 2.00 bits per heavy atom. The first-order valence-corrected chi connectivity index (χ1v) is 8.51. The van der Waals surface area contributed by atoms with Crippen LogP contribution in [0.1, 0.15) is 52.9 Å². The molecule has 0 bridgehead atoms. The van der Waals surface area contributed by atoms with Gasteiger partial charge in [-0.25, -0.2) is 0 Å². The number of aliphatic imine (C=N–C) groups is 1. The first-order valence-electron chi connectivity index (χ1n) is 8.51. The largest absolute Gasteiger partial charge is 0.357 e. The van der Waals surface area contributed by atoms with Gasteiger partial charge in [0.2, 0.25) is 0 Å². The van der Waals surface area contributed by atoms with E-state index in [9.17, 15) is 0 Å². The van der Waals surface area contributed by atoms with Crippen LogP contribution in [-0.2, 0) is 0 Å². The molecule has 2 saturated carbocycles. The van der Waals surface area contributed by atoms with Crippen LogP contribution in [0.15, 0.2) is 4.99 Å². The van der Waals surface area contributed by atoms with E-state index in [1.165, 1.54) is 32.2 Å². The second-order valence-corrected chi connectivity index (χ2v) is 6.38. The van der Waals surface area contributed by atoms with Crippen molar-refractivity contribution in [2.24, 2.45) is 10.9 Å². The smallest absolute Gasteiger partial charge is 0.191 e. The van der Waals surface area contributed by atoms with Crippen LogP contribution in [0.2, 0.25) is 0 Å². The number of rotatable bonds is 9. The van der Waals surface area contributed by atoms with Gasteiger partial charge in [0.1, 0.15) is 0 Å². The molecule has 0 aromatic carbocycles. The third kappa shape index (κ3) is 5.70. The van der Waals surface area contributed by atoms with E-state index in [-0.39, 0.29) is 0 Å². The Bertz CT molecular complexity index is 308. The molecular formula is C16H32N4. The fourth-order valence-corrected chi connectivity index (χ4v) is 2.44. The zero-order valence-electron chi connectivity index (χ0n) is 13.5. The summed E-state index contributed by atoms with van der Waals surface area (Å²) in [7, 11) is 0. The van der Waals surface area contributed by atoms with Crippen LogP contribution < -0.4 is 10.6 Å². The average Bonchev–Trinajstić information content (AvgIpc) is 3.29. The molecule has 0 aliphatic heterocycles. The van der Waals surface area contributed by atoms with Gasteiger partial charge in [-0.05, 0) is 51.9 Å². The molecule has 0 heterocycles. The number of hydrogen-bond donors (Lipinski definition) is 2. The van der Waals surface area contributed by atoms with Crippen molar-refractivity contribution < 1.29 is 0 Å². The van der Waals surface area contributed by atoms with Crippen LogP contribution in [0.4, 0.5) is 0 Å². The van der Waals surface area contributed by atoms with E-state index in [2.05, 4.69) is 36.3 Å². The summed E-state index contributed by atoms with van der Waals surface area (Å²) in [6.45, 7) is 10.8. The normalized spacial score (nSPS) is 21.1. The predicted octanol–water partition coefficient (Wildman–Crippen LogP) is 2.21. The van der Waals surface area contributed by atoms with Crippen LogP contribution in [-0.4, -0.2) is 49.1 Å². The van der Waals surface area contributed by atoms with Gasteiger partial charge >= 0.3 is 0 Å². The number of nitrogens with one attached hydrogen (secondary N) is 2. The summed E-state index contributed by atoms with van der Waals surface area (Å²) in [5.41, 5.74) is 0. The lowest BCUT2D eigenvalue weighted by Gasteiger charge is -2.21. The number of nitrogens with zero attached hydrogens (tertiary/aromatic N) is 2. The molecule has 0 radical (unpaired) electrons. The van der Waals surface area contributed by atoms with Crippen LogP contribution in [0.25, 0.3) is 0 Å². The molecule has 0 spiro atoms. The summed E-state index contributed by atoms with van der Waals surface area (Å²) in [4.78, 5) is 7.41. The minimum Gasteiger partial charge on any atom is -0.357 e. The summed E-state index contributed by atoms with van der Waals surface area (Å²) in [6.07, 6.45) is 6.83. The first-order chi connectivity index (χ1) is 9.72. The van der Waals surface area contributed by atoms with E-state index in [0.29, 0.717) is 6.04 Å². The monoisotopic (exact) mass is 280 g/mol. The van der Waals surface area contributed by atoms with E-state index < -0.39 is 0 Å². The average molecular weight is 280 g/mol. The van der Waals surface area contributed by atoms with Crippen molar-refractivity contribution in [3.05, 3.63) is 0 Å². The Hall–Kier alpha value is -0.770. The molecule has 2 aliphatic rings. The molecule has 116 valence electrons. The Morgan fingerprint density at radius 3 is 2.55 bits per heavy atom. The number of guanidine groups is 1. The van der Waals surface area contributed by atoms with E-state index in [0.717, 1.165) is 44.0 Å². The van der Waals surface area contributed by atoms with Gasteiger partial charge in [0, 0.05) is 31.7 Å². The zero-order chi connectivity index (χ0) is 14.4. The Morgan fingerprint density at radius 1 is 1.25 bits per heavy atom. The molecule has 2 fully saturated rings. The minimum atomic E-state index is 0.485. The molecule has 2 N–H and O–H groups in total. The molecule has 0 saturated heterocycles. The molecular weight excluding hydrogens is 248 g/mol. The molecule has 20 heavy (non-hydrogen) atoms. The molecule has 0 amide bonds. The topological polar surface area (TPSA) is 39.7 Å². The van der Waals surface area contributed by atoms with E-state index in [4.69, 9.17) is 4.99 Å². The maximum atomic E-state index is 4.73. The van der Waals surface area contributed by atoms with Gasteiger partial charge in [0.15, 0.2) is 5.96 Å². The highest BCUT2D eigenvalue weighted by molar-refractivity contribution is 5.80. The first kappa shape index (κ1) is 15.6. The highest BCUT2D eigenvalue weighted by atomic mass is 15.2. The summed E-state index contributed by atoms with van der Waals surface area (Å²) < 4.78 is 0. The minimum absolute atomic E-state index is 0.485. The van der Waals surface area contributed by atoms with Gasteiger partial charge < -0.3 is 10.6 Å². The molecule has 1 atom stereocenters. The summed E-state index contributed by atoms with van der Waals surface area (Å²) in [6, 6.07) is 1.36. The van der Waals surface area contributed by atoms with Gasteiger partial charge in [0.25, 0.3) is 0 Å². The van der Waals surface area contributed by atoms with Crippen molar-refractivity contribution in [1.29, 1.82) is 0 Å². The van der Waals surface area contributed by atoms with Gasteiger partial charge in [0.05, 0.1) is 6.54 Å². The van der Waals surface area contributed by atoms with Crippen LogP contribution in [0, 0.1) is 5.92 Å². The van der Waals surface area contributed by atoms with Crippen molar-refractivity contribution in [1.82, 2.24) is 15.5 Å². The number of hydrogen-bond acceptors (Lipinski definition) is 2. The summed E-state index contributed by atoms with van der Waals surface area (Å²) >= 11 is 0. The van der Waals surface area contributed by atoms with Gasteiger partial charge in [-0.3, -0.25) is 9.89 Å². The van der Waals surface area contributed by atoms with E-state index in [1.54, 1.807) is 0 Å². The maximum absolute atomic E-state index is 4.73. The van der Waals surface area contributed by atoms with Crippen molar-refractivity contribution in [2.45, 2.75) is 65.0 Å². The predicted molar refractivity (Wildman–Crippen MR) is 86.2 cm³/mol. The molecule has 2 rings (SSSR count). The van der Waals surface area contributed by atoms with Crippen molar-refractivity contribution >= 4 is 5.96 Å². The van der Waals surface area contributed by atoms with E-state index in [1.807, 2.05) is 0 Å². The van der Waals surface area contributed by atoms with Crippen LogP contribution >= 0.6 is 0 Å². The zero-order valence-corrected chi connectivity index (χ0v) is 13.5. The third-order valence-corrected chi connectivity index (χ3v) is 4.25. The highest BCUT2D eigenvalue weighted by Crippen LogP contribution is 2.34. The standard InChI is InChI=1S/C16H32N4/c1-4-13(3)19-16(17-5-2)18-10-11-20(15-8-9-15)12-14-6-7-14/h13-15H,4-12H2,1-3H3,(H2,17,18,19). The van der Waals surface area contributed by atoms with E-state index >= 15 is 0 Å². The molecule has 0 aromatic heterocycles. The van der Waals surface area contributed by atoms with Gasteiger partial charge in [-0.2, -0.15) is 0 Å². The summed E-state index contributed by atoms with van der Waals surface area (Å²) in [5.74, 6) is 1.97. The molecule has 2 aliphatic carbocycles. The molecule has 0 aromatic rings. The van der Waals surface area contributed by atoms with Crippen molar-refractivity contribution in [3.63, 3.8) is 0 Å². The van der Waals surface area contributed by atoms with Crippen molar-refractivity contribution in [2.75, 3.05) is 26.2 Å². The molecule has 4 nitrogen and oxygen atoms in total. The highest BCUT2D eigenvalue weighted by Gasteiger charge is 2.33. The fraction of sp³-hybridized carbons (Fsp3) is 0.938. The Labute approximate surface area is 124 Å². The quantitative estimate of drug-likeness (QED) is 0.502. The maximum Gasteiger partial charge on any atom is 0.191 e. The Balaban J connectivity index is 1.74. The second-order valence-electron chi connectivity index (χ2n) is 6.38.